The lowest BCUT2D eigenvalue weighted by atomic mass is 10.2. The lowest BCUT2D eigenvalue weighted by molar-refractivity contribution is 0.0734. The van der Waals surface area contributed by atoms with Crippen molar-refractivity contribution in [3.8, 4) is 11.4 Å². The molecule has 1 aromatic carbocycles. The Morgan fingerprint density at radius 3 is 2.44 bits per heavy atom. The third kappa shape index (κ3) is 4.35. The number of anilines is 1. The molecule has 140 valence electrons. The first-order valence-corrected chi connectivity index (χ1v) is 10.0. The normalized spacial score (nSPS) is 11.2. The highest BCUT2D eigenvalue weighted by Crippen LogP contribution is 2.23. The summed E-state index contributed by atoms with van der Waals surface area (Å²) in [6, 6.07) is 11.6. The molecule has 0 unspecified atom stereocenters. The van der Waals surface area contributed by atoms with Crippen LogP contribution in [0.4, 0.5) is 5.69 Å². The van der Waals surface area contributed by atoms with Gasteiger partial charge in [0.15, 0.2) is 0 Å². The maximum absolute atomic E-state index is 12.6. The summed E-state index contributed by atoms with van der Waals surface area (Å²) < 4.78 is 32.2. The molecule has 0 fully saturated rings. The van der Waals surface area contributed by atoms with E-state index in [1.165, 1.54) is 24.3 Å². The quantitative estimate of drug-likeness (QED) is 0.538. The van der Waals surface area contributed by atoms with Crippen LogP contribution >= 0.6 is 0 Å². The minimum atomic E-state index is -3.36. The SMILES string of the molecule is Cc1cc(C(=O)Oc2ccc(NS(C)(=O)=O)cc2)c(C)n1-c1cccnc1. The van der Waals surface area contributed by atoms with Crippen molar-refractivity contribution in [3.05, 3.63) is 71.8 Å². The zero-order valence-electron chi connectivity index (χ0n) is 15.1. The van der Waals surface area contributed by atoms with Gasteiger partial charge in [-0.15, -0.1) is 0 Å². The molecule has 0 saturated heterocycles. The van der Waals surface area contributed by atoms with E-state index in [0.717, 1.165) is 23.3 Å². The maximum atomic E-state index is 12.6. The van der Waals surface area contributed by atoms with Crippen LogP contribution in [-0.4, -0.2) is 30.2 Å². The largest absolute Gasteiger partial charge is 0.423 e. The van der Waals surface area contributed by atoms with Crippen LogP contribution in [0, 0.1) is 13.8 Å². The Labute approximate surface area is 157 Å². The molecule has 2 aromatic heterocycles. The summed E-state index contributed by atoms with van der Waals surface area (Å²) in [7, 11) is -3.36. The van der Waals surface area contributed by atoms with E-state index >= 15 is 0 Å². The van der Waals surface area contributed by atoms with Gasteiger partial charge in [-0.05, 0) is 56.3 Å². The Bertz CT molecular complexity index is 1070. The minimum absolute atomic E-state index is 0.324. The van der Waals surface area contributed by atoms with Gasteiger partial charge in [-0.3, -0.25) is 9.71 Å². The smallest absolute Gasteiger partial charge is 0.345 e. The number of carbonyl (C=O) groups excluding carboxylic acids is 1. The Balaban J connectivity index is 1.81. The lowest BCUT2D eigenvalue weighted by Crippen LogP contribution is -2.11. The molecular formula is C19H19N3O4S. The van der Waals surface area contributed by atoms with Crippen LogP contribution in [0.1, 0.15) is 21.7 Å². The number of aryl methyl sites for hydroxylation is 1. The molecule has 0 spiro atoms. The average molecular weight is 385 g/mol. The van der Waals surface area contributed by atoms with Crippen molar-refractivity contribution in [2.45, 2.75) is 13.8 Å². The molecule has 0 aliphatic heterocycles. The van der Waals surface area contributed by atoms with E-state index in [-0.39, 0.29) is 0 Å². The van der Waals surface area contributed by atoms with Crippen LogP contribution in [0.15, 0.2) is 54.9 Å². The van der Waals surface area contributed by atoms with Gasteiger partial charge in [-0.2, -0.15) is 0 Å². The molecule has 0 amide bonds. The number of nitrogens with one attached hydrogen (secondary N) is 1. The molecule has 7 nitrogen and oxygen atoms in total. The number of esters is 1. The van der Waals surface area contributed by atoms with Crippen LogP contribution in [0.5, 0.6) is 5.75 Å². The third-order valence-corrected chi connectivity index (χ3v) is 4.53. The van der Waals surface area contributed by atoms with Crippen LogP contribution in [-0.2, 0) is 10.0 Å². The molecule has 0 saturated carbocycles. The molecule has 3 rings (SSSR count). The second kappa shape index (κ2) is 7.24. The highest BCUT2D eigenvalue weighted by Gasteiger charge is 2.18. The van der Waals surface area contributed by atoms with Gasteiger partial charge in [-0.1, -0.05) is 0 Å². The number of benzene rings is 1. The number of ether oxygens (including phenoxy) is 1. The van der Waals surface area contributed by atoms with Gasteiger partial charge in [-0.25, -0.2) is 13.2 Å². The molecule has 8 heteroatoms. The molecule has 0 bridgehead atoms. The molecule has 0 atom stereocenters. The molecule has 1 N–H and O–H groups in total. The third-order valence-electron chi connectivity index (χ3n) is 3.92. The number of pyridine rings is 1. The van der Waals surface area contributed by atoms with Gasteiger partial charge in [0.2, 0.25) is 10.0 Å². The number of sulfonamides is 1. The second-order valence-electron chi connectivity index (χ2n) is 6.12. The molecule has 27 heavy (non-hydrogen) atoms. The number of aromatic nitrogens is 2. The van der Waals surface area contributed by atoms with E-state index in [2.05, 4.69) is 9.71 Å². The van der Waals surface area contributed by atoms with E-state index in [1.807, 2.05) is 30.5 Å². The van der Waals surface area contributed by atoms with Gasteiger partial charge in [0.05, 0.1) is 23.7 Å². The molecule has 2 heterocycles. The highest BCUT2D eigenvalue weighted by atomic mass is 32.2. The Hall–Kier alpha value is -3.13. The predicted octanol–water partition coefficient (Wildman–Crippen LogP) is 3.08. The van der Waals surface area contributed by atoms with Crippen molar-refractivity contribution in [3.63, 3.8) is 0 Å². The van der Waals surface area contributed by atoms with E-state index in [9.17, 15) is 13.2 Å². The van der Waals surface area contributed by atoms with Crippen molar-refractivity contribution in [2.75, 3.05) is 11.0 Å². The predicted molar refractivity (Wildman–Crippen MR) is 103 cm³/mol. The van der Waals surface area contributed by atoms with Gasteiger partial charge in [0, 0.05) is 23.3 Å². The minimum Gasteiger partial charge on any atom is -0.423 e. The number of rotatable bonds is 5. The Morgan fingerprint density at radius 1 is 1.15 bits per heavy atom. The topological polar surface area (TPSA) is 90.3 Å². The maximum Gasteiger partial charge on any atom is 0.345 e. The van der Waals surface area contributed by atoms with Crippen molar-refractivity contribution in [2.24, 2.45) is 0 Å². The first kappa shape index (κ1) is 18.7. The van der Waals surface area contributed by atoms with Crippen LogP contribution in [0.25, 0.3) is 5.69 Å². The molecule has 3 aromatic rings. The summed E-state index contributed by atoms with van der Waals surface area (Å²) in [5, 5.41) is 0. The Morgan fingerprint density at radius 2 is 1.85 bits per heavy atom. The van der Waals surface area contributed by atoms with Gasteiger partial charge in [0.25, 0.3) is 0 Å². The highest BCUT2D eigenvalue weighted by molar-refractivity contribution is 7.92. The summed E-state index contributed by atoms with van der Waals surface area (Å²) in [6.45, 7) is 3.75. The zero-order valence-corrected chi connectivity index (χ0v) is 15.9. The van der Waals surface area contributed by atoms with Crippen molar-refractivity contribution in [1.29, 1.82) is 0 Å². The molecule has 0 aliphatic carbocycles. The zero-order chi connectivity index (χ0) is 19.6. The average Bonchev–Trinajstić information content (AvgIpc) is 2.91. The number of carbonyl (C=O) groups is 1. The molecule has 0 aliphatic rings. The van der Waals surface area contributed by atoms with E-state index in [1.54, 1.807) is 18.5 Å². The first-order valence-electron chi connectivity index (χ1n) is 8.14. The van der Waals surface area contributed by atoms with Crippen LogP contribution < -0.4 is 9.46 Å². The van der Waals surface area contributed by atoms with Crippen molar-refractivity contribution in [1.82, 2.24) is 9.55 Å². The standard InChI is InChI=1S/C19H19N3O4S/c1-13-11-18(14(2)22(13)16-5-4-10-20-12-16)19(23)26-17-8-6-15(7-9-17)21-27(3,24)25/h4-12,21H,1-3H3. The fraction of sp³-hybridized carbons (Fsp3) is 0.158. The van der Waals surface area contributed by atoms with Crippen LogP contribution in [0.3, 0.4) is 0 Å². The van der Waals surface area contributed by atoms with Crippen molar-refractivity contribution >= 4 is 21.7 Å². The summed E-state index contributed by atoms with van der Waals surface area (Å²) in [5.41, 5.74) is 3.35. The molecular weight excluding hydrogens is 366 g/mol. The van der Waals surface area contributed by atoms with E-state index in [4.69, 9.17) is 4.74 Å². The number of hydrogen-bond donors (Lipinski definition) is 1. The summed E-state index contributed by atoms with van der Waals surface area (Å²) in [6.07, 6.45) is 4.48. The molecule has 0 radical (unpaired) electrons. The van der Waals surface area contributed by atoms with Gasteiger partial charge < -0.3 is 9.30 Å². The summed E-state index contributed by atoms with van der Waals surface area (Å²) >= 11 is 0. The monoisotopic (exact) mass is 385 g/mol. The fourth-order valence-electron chi connectivity index (χ4n) is 2.82. The van der Waals surface area contributed by atoms with Crippen LogP contribution in [0.2, 0.25) is 0 Å². The van der Waals surface area contributed by atoms with Gasteiger partial charge in [0.1, 0.15) is 5.75 Å². The van der Waals surface area contributed by atoms with Crippen molar-refractivity contribution < 1.29 is 17.9 Å². The lowest BCUT2D eigenvalue weighted by Gasteiger charge is -2.09. The Kier molecular flexibility index (Phi) is 5.00. The van der Waals surface area contributed by atoms with Gasteiger partial charge >= 0.3 is 5.97 Å². The van der Waals surface area contributed by atoms with E-state index in [0.29, 0.717) is 17.0 Å². The van der Waals surface area contributed by atoms with E-state index < -0.39 is 16.0 Å². The fourth-order valence-corrected chi connectivity index (χ4v) is 3.38. The first-order chi connectivity index (χ1) is 12.7. The summed E-state index contributed by atoms with van der Waals surface area (Å²) in [4.78, 5) is 16.7. The number of nitrogens with zero attached hydrogens (tertiary/aromatic N) is 2. The summed E-state index contributed by atoms with van der Waals surface area (Å²) in [5.74, 6) is -0.160. The second-order valence-corrected chi connectivity index (χ2v) is 7.87. The number of hydrogen-bond acceptors (Lipinski definition) is 5.